The van der Waals surface area contributed by atoms with E-state index in [9.17, 15) is 0 Å². The zero-order valence-electron chi connectivity index (χ0n) is 12.2. The number of hydrogen-bond donors (Lipinski definition) is 1. The number of rotatable bonds is 6. The minimum atomic E-state index is 0.862. The summed E-state index contributed by atoms with van der Waals surface area (Å²) in [7, 11) is 1.69. The van der Waals surface area contributed by atoms with Gasteiger partial charge in [0.15, 0.2) is 0 Å². The van der Waals surface area contributed by atoms with Gasteiger partial charge in [0.25, 0.3) is 0 Å². The standard InChI is InChI=1S/C17H22N2O/c1-3-19(13-15-6-4-5-7-17(15)18)12-14-8-10-16(20-2)11-9-14/h4-11H,3,12-13,18H2,1-2H3. The number of ether oxygens (including phenoxy) is 1. The number of hydrogen-bond acceptors (Lipinski definition) is 3. The predicted octanol–water partition coefficient (Wildman–Crippen LogP) is 3.30. The van der Waals surface area contributed by atoms with Crippen LogP contribution in [-0.2, 0) is 13.1 Å². The van der Waals surface area contributed by atoms with Crippen LogP contribution in [0.15, 0.2) is 48.5 Å². The number of methoxy groups -OCH3 is 1. The highest BCUT2D eigenvalue weighted by Crippen LogP contribution is 2.17. The fourth-order valence-corrected chi connectivity index (χ4v) is 2.19. The Morgan fingerprint density at radius 3 is 2.30 bits per heavy atom. The molecule has 0 aliphatic heterocycles. The van der Waals surface area contributed by atoms with Crippen LogP contribution in [0, 0.1) is 0 Å². The average Bonchev–Trinajstić information content (AvgIpc) is 2.49. The maximum absolute atomic E-state index is 6.01. The van der Waals surface area contributed by atoms with Crippen molar-refractivity contribution in [2.75, 3.05) is 19.4 Å². The Morgan fingerprint density at radius 2 is 1.70 bits per heavy atom. The van der Waals surface area contributed by atoms with Crippen molar-refractivity contribution in [1.29, 1.82) is 0 Å². The van der Waals surface area contributed by atoms with E-state index in [2.05, 4.69) is 30.0 Å². The highest BCUT2D eigenvalue weighted by molar-refractivity contribution is 5.46. The van der Waals surface area contributed by atoms with Gasteiger partial charge in [0.1, 0.15) is 5.75 Å². The first-order chi connectivity index (χ1) is 9.72. The minimum absolute atomic E-state index is 0.862. The van der Waals surface area contributed by atoms with Crippen molar-refractivity contribution < 1.29 is 4.74 Å². The third kappa shape index (κ3) is 3.75. The molecule has 0 atom stereocenters. The van der Waals surface area contributed by atoms with E-state index in [4.69, 9.17) is 10.5 Å². The Morgan fingerprint density at radius 1 is 1.00 bits per heavy atom. The number of nitrogens with two attached hydrogens (primary N) is 1. The van der Waals surface area contributed by atoms with Gasteiger partial charge in [-0.1, -0.05) is 37.3 Å². The molecule has 0 radical (unpaired) electrons. The van der Waals surface area contributed by atoms with E-state index in [1.807, 2.05) is 30.3 Å². The quantitative estimate of drug-likeness (QED) is 0.819. The van der Waals surface area contributed by atoms with Crippen LogP contribution in [0.3, 0.4) is 0 Å². The van der Waals surface area contributed by atoms with Gasteiger partial charge >= 0.3 is 0 Å². The van der Waals surface area contributed by atoms with Gasteiger partial charge in [-0.05, 0) is 35.9 Å². The molecule has 0 saturated carbocycles. The molecule has 0 amide bonds. The summed E-state index contributed by atoms with van der Waals surface area (Å²) in [4.78, 5) is 2.37. The summed E-state index contributed by atoms with van der Waals surface area (Å²) in [6.07, 6.45) is 0. The van der Waals surface area contributed by atoms with E-state index in [0.717, 1.165) is 31.1 Å². The summed E-state index contributed by atoms with van der Waals surface area (Å²) < 4.78 is 5.18. The molecule has 2 aromatic carbocycles. The lowest BCUT2D eigenvalue weighted by Gasteiger charge is -2.21. The number of para-hydroxylation sites is 1. The molecular formula is C17H22N2O. The highest BCUT2D eigenvalue weighted by atomic mass is 16.5. The molecule has 0 aromatic heterocycles. The predicted molar refractivity (Wildman–Crippen MR) is 83.6 cm³/mol. The van der Waals surface area contributed by atoms with Crippen molar-refractivity contribution in [3.63, 3.8) is 0 Å². The molecular weight excluding hydrogens is 248 g/mol. The first-order valence-corrected chi connectivity index (χ1v) is 6.91. The largest absolute Gasteiger partial charge is 0.497 e. The van der Waals surface area contributed by atoms with Crippen LogP contribution in [0.4, 0.5) is 5.69 Å². The second kappa shape index (κ2) is 6.96. The molecule has 3 heteroatoms. The van der Waals surface area contributed by atoms with E-state index in [0.29, 0.717) is 0 Å². The Labute approximate surface area is 121 Å². The van der Waals surface area contributed by atoms with Crippen LogP contribution in [0.25, 0.3) is 0 Å². The molecule has 20 heavy (non-hydrogen) atoms. The summed E-state index contributed by atoms with van der Waals surface area (Å²) in [5.41, 5.74) is 9.34. The smallest absolute Gasteiger partial charge is 0.118 e. The molecule has 106 valence electrons. The van der Waals surface area contributed by atoms with Crippen molar-refractivity contribution >= 4 is 5.69 Å². The molecule has 0 aliphatic rings. The Balaban J connectivity index is 2.03. The summed E-state index contributed by atoms with van der Waals surface area (Å²) in [6, 6.07) is 16.3. The zero-order valence-corrected chi connectivity index (χ0v) is 12.2. The second-order valence-corrected chi connectivity index (χ2v) is 4.85. The fourth-order valence-electron chi connectivity index (χ4n) is 2.19. The summed E-state index contributed by atoms with van der Waals surface area (Å²) >= 11 is 0. The molecule has 3 nitrogen and oxygen atoms in total. The van der Waals surface area contributed by atoms with E-state index in [1.165, 1.54) is 11.1 Å². The minimum Gasteiger partial charge on any atom is -0.497 e. The van der Waals surface area contributed by atoms with E-state index in [1.54, 1.807) is 7.11 Å². The first-order valence-electron chi connectivity index (χ1n) is 6.91. The van der Waals surface area contributed by atoms with Crippen molar-refractivity contribution in [2.45, 2.75) is 20.0 Å². The van der Waals surface area contributed by atoms with Gasteiger partial charge in [-0.3, -0.25) is 4.90 Å². The Kier molecular flexibility index (Phi) is 5.02. The van der Waals surface area contributed by atoms with E-state index >= 15 is 0 Å². The van der Waals surface area contributed by atoms with Crippen LogP contribution in [-0.4, -0.2) is 18.6 Å². The van der Waals surface area contributed by atoms with Crippen LogP contribution in [0.1, 0.15) is 18.1 Å². The van der Waals surface area contributed by atoms with Crippen molar-refractivity contribution in [3.05, 3.63) is 59.7 Å². The molecule has 0 saturated heterocycles. The monoisotopic (exact) mass is 270 g/mol. The van der Waals surface area contributed by atoms with Gasteiger partial charge in [-0.25, -0.2) is 0 Å². The molecule has 0 aliphatic carbocycles. The van der Waals surface area contributed by atoms with Crippen molar-refractivity contribution in [3.8, 4) is 5.75 Å². The van der Waals surface area contributed by atoms with Gasteiger partial charge in [-0.15, -0.1) is 0 Å². The first kappa shape index (κ1) is 14.4. The van der Waals surface area contributed by atoms with Gasteiger partial charge in [0.2, 0.25) is 0 Å². The second-order valence-electron chi connectivity index (χ2n) is 4.85. The molecule has 0 fully saturated rings. The van der Waals surface area contributed by atoms with E-state index in [-0.39, 0.29) is 0 Å². The topological polar surface area (TPSA) is 38.5 Å². The average molecular weight is 270 g/mol. The third-order valence-corrected chi connectivity index (χ3v) is 3.46. The number of benzene rings is 2. The molecule has 2 rings (SSSR count). The Hall–Kier alpha value is -2.00. The summed E-state index contributed by atoms with van der Waals surface area (Å²) in [6.45, 7) is 4.94. The maximum atomic E-state index is 6.01. The lowest BCUT2D eigenvalue weighted by Crippen LogP contribution is -2.22. The van der Waals surface area contributed by atoms with Crippen molar-refractivity contribution in [1.82, 2.24) is 4.90 Å². The maximum Gasteiger partial charge on any atom is 0.118 e. The Bertz CT molecular complexity index is 537. The summed E-state index contributed by atoms with van der Waals surface area (Å²) in [5.74, 6) is 0.893. The normalized spacial score (nSPS) is 10.8. The molecule has 0 unspecified atom stereocenters. The lowest BCUT2D eigenvalue weighted by atomic mass is 10.1. The highest BCUT2D eigenvalue weighted by Gasteiger charge is 2.07. The number of anilines is 1. The van der Waals surface area contributed by atoms with Crippen molar-refractivity contribution in [2.24, 2.45) is 0 Å². The lowest BCUT2D eigenvalue weighted by molar-refractivity contribution is 0.272. The van der Waals surface area contributed by atoms with Gasteiger partial charge < -0.3 is 10.5 Å². The van der Waals surface area contributed by atoms with Gasteiger partial charge in [0, 0.05) is 18.8 Å². The van der Waals surface area contributed by atoms with Crippen LogP contribution < -0.4 is 10.5 Å². The molecule has 2 aromatic rings. The summed E-state index contributed by atoms with van der Waals surface area (Å²) in [5, 5.41) is 0. The van der Waals surface area contributed by atoms with Crippen LogP contribution >= 0.6 is 0 Å². The van der Waals surface area contributed by atoms with Gasteiger partial charge in [0.05, 0.1) is 7.11 Å². The van der Waals surface area contributed by atoms with Crippen LogP contribution in [0.2, 0.25) is 0 Å². The van der Waals surface area contributed by atoms with E-state index < -0.39 is 0 Å². The molecule has 0 heterocycles. The van der Waals surface area contributed by atoms with Crippen LogP contribution in [0.5, 0.6) is 5.75 Å². The fraction of sp³-hybridized carbons (Fsp3) is 0.294. The SMILES string of the molecule is CCN(Cc1ccc(OC)cc1)Cc1ccccc1N. The molecule has 0 bridgehead atoms. The zero-order chi connectivity index (χ0) is 14.4. The number of nitrogens with zero attached hydrogens (tertiary/aromatic N) is 1. The third-order valence-electron chi connectivity index (χ3n) is 3.46. The van der Waals surface area contributed by atoms with Gasteiger partial charge in [-0.2, -0.15) is 0 Å². The molecule has 0 spiro atoms. The number of nitrogen functional groups attached to an aromatic ring is 1. The molecule has 2 N–H and O–H groups in total.